The first-order chi connectivity index (χ1) is 6.75. The summed E-state index contributed by atoms with van der Waals surface area (Å²) in [4.78, 5) is 3.97. The Hall–Kier alpha value is -0.640. The lowest BCUT2D eigenvalue weighted by atomic mass is 10.2. The van der Waals surface area contributed by atoms with Crippen molar-refractivity contribution in [2.75, 3.05) is 5.32 Å². The molecule has 1 heterocycles. The summed E-state index contributed by atoms with van der Waals surface area (Å²) >= 11 is 3.40. The summed E-state index contributed by atoms with van der Waals surface area (Å²) in [6.45, 7) is 0. The SMILES string of the molecule is FC1CCC(Nc2ccncc2Br)C1. The zero-order valence-corrected chi connectivity index (χ0v) is 9.30. The van der Waals surface area contributed by atoms with Crippen LogP contribution in [-0.4, -0.2) is 17.2 Å². The van der Waals surface area contributed by atoms with E-state index in [1.54, 1.807) is 12.4 Å². The highest BCUT2D eigenvalue weighted by Gasteiger charge is 2.24. The van der Waals surface area contributed by atoms with E-state index in [9.17, 15) is 4.39 Å². The van der Waals surface area contributed by atoms with Gasteiger partial charge in [0, 0.05) is 18.4 Å². The van der Waals surface area contributed by atoms with Crippen LogP contribution >= 0.6 is 15.9 Å². The van der Waals surface area contributed by atoms with Gasteiger partial charge in [-0.1, -0.05) is 0 Å². The van der Waals surface area contributed by atoms with Gasteiger partial charge in [-0.25, -0.2) is 4.39 Å². The lowest BCUT2D eigenvalue weighted by Gasteiger charge is -2.14. The molecule has 2 atom stereocenters. The number of hydrogen-bond acceptors (Lipinski definition) is 2. The van der Waals surface area contributed by atoms with Crippen LogP contribution in [0.4, 0.5) is 10.1 Å². The van der Waals surface area contributed by atoms with E-state index in [-0.39, 0.29) is 6.04 Å². The molecule has 0 bridgehead atoms. The first-order valence-electron chi connectivity index (χ1n) is 4.76. The molecule has 0 aliphatic heterocycles. The Balaban J connectivity index is 2.01. The van der Waals surface area contributed by atoms with E-state index < -0.39 is 6.17 Å². The minimum atomic E-state index is -0.631. The number of rotatable bonds is 2. The average molecular weight is 259 g/mol. The van der Waals surface area contributed by atoms with Crippen molar-refractivity contribution in [2.24, 2.45) is 0 Å². The van der Waals surface area contributed by atoms with Gasteiger partial charge in [0.15, 0.2) is 0 Å². The summed E-state index contributed by atoms with van der Waals surface area (Å²) in [5.41, 5.74) is 0.999. The predicted octanol–water partition coefficient (Wildman–Crippen LogP) is 3.15. The maximum Gasteiger partial charge on any atom is 0.102 e. The molecule has 1 aromatic rings. The zero-order chi connectivity index (χ0) is 9.97. The van der Waals surface area contributed by atoms with E-state index in [0.717, 1.165) is 16.6 Å². The summed E-state index contributed by atoms with van der Waals surface area (Å²) in [5.74, 6) is 0. The van der Waals surface area contributed by atoms with Crippen LogP contribution in [0.25, 0.3) is 0 Å². The first kappa shape index (κ1) is 9.90. The van der Waals surface area contributed by atoms with Gasteiger partial charge in [0.05, 0.1) is 10.2 Å². The number of alkyl halides is 1. The molecule has 0 saturated heterocycles. The molecule has 2 rings (SSSR count). The molecule has 0 aromatic carbocycles. The molecule has 1 aliphatic rings. The fourth-order valence-corrected chi connectivity index (χ4v) is 2.13. The van der Waals surface area contributed by atoms with Gasteiger partial charge < -0.3 is 5.32 Å². The normalized spacial score (nSPS) is 26.4. The van der Waals surface area contributed by atoms with Crippen molar-refractivity contribution in [3.8, 4) is 0 Å². The van der Waals surface area contributed by atoms with Crippen molar-refractivity contribution < 1.29 is 4.39 Å². The number of halogens is 2. The maximum absolute atomic E-state index is 12.9. The third-order valence-electron chi connectivity index (χ3n) is 2.50. The van der Waals surface area contributed by atoms with E-state index >= 15 is 0 Å². The summed E-state index contributed by atoms with van der Waals surface area (Å²) < 4.78 is 13.8. The summed E-state index contributed by atoms with van der Waals surface area (Å²) in [7, 11) is 0. The number of aromatic nitrogens is 1. The van der Waals surface area contributed by atoms with Gasteiger partial charge in [-0.2, -0.15) is 0 Å². The van der Waals surface area contributed by atoms with Crippen molar-refractivity contribution in [3.05, 3.63) is 22.9 Å². The Morgan fingerprint density at radius 1 is 1.50 bits per heavy atom. The summed E-state index contributed by atoms with van der Waals surface area (Å²) in [6.07, 6.45) is 5.05. The monoisotopic (exact) mass is 258 g/mol. The second-order valence-electron chi connectivity index (χ2n) is 3.61. The van der Waals surface area contributed by atoms with E-state index in [1.165, 1.54) is 0 Å². The number of anilines is 1. The van der Waals surface area contributed by atoms with Crippen molar-refractivity contribution in [1.82, 2.24) is 4.98 Å². The molecule has 0 amide bonds. The molecule has 4 heteroatoms. The number of nitrogens with zero attached hydrogens (tertiary/aromatic N) is 1. The van der Waals surface area contributed by atoms with Gasteiger partial charge >= 0.3 is 0 Å². The molecule has 1 N–H and O–H groups in total. The second-order valence-corrected chi connectivity index (χ2v) is 4.46. The Labute approximate surface area is 91.1 Å². The number of pyridine rings is 1. The first-order valence-corrected chi connectivity index (χ1v) is 5.55. The molecule has 0 radical (unpaired) electrons. The minimum Gasteiger partial charge on any atom is -0.381 e. The van der Waals surface area contributed by atoms with Crippen molar-refractivity contribution in [1.29, 1.82) is 0 Å². The predicted molar refractivity (Wildman–Crippen MR) is 58.1 cm³/mol. The van der Waals surface area contributed by atoms with E-state index in [2.05, 4.69) is 26.2 Å². The van der Waals surface area contributed by atoms with Crippen molar-refractivity contribution in [3.63, 3.8) is 0 Å². The van der Waals surface area contributed by atoms with Gasteiger partial charge in [0.1, 0.15) is 6.17 Å². The van der Waals surface area contributed by atoms with Crippen molar-refractivity contribution in [2.45, 2.75) is 31.5 Å². The Morgan fingerprint density at radius 3 is 3.00 bits per heavy atom. The van der Waals surface area contributed by atoms with Gasteiger partial charge in [-0.15, -0.1) is 0 Å². The van der Waals surface area contributed by atoms with Gasteiger partial charge in [0.2, 0.25) is 0 Å². The summed E-state index contributed by atoms with van der Waals surface area (Å²) in [6, 6.07) is 2.17. The molecule has 1 aliphatic carbocycles. The highest BCUT2D eigenvalue weighted by molar-refractivity contribution is 9.10. The largest absolute Gasteiger partial charge is 0.381 e. The minimum absolute atomic E-state index is 0.267. The topological polar surface area (TPSA) is 24.9 Å². The molecule has 1 aromatic heterocycles. The summed E-state index contributed by atoms with van der Waals surface area (Å²) in [5, 5.41) is 3.31. The molecule has 0 spiro atoms. The highest BCUT2D eigenvalue weighted by atomic mass is 79.9. The smallest absolute Gasteiger partial charge is 0.102 e. The van der Waals surface area contributed by atoms with Gasteiger partial charge in [-0.05, 0) is 41.3 Å². The standard InChI is InChI=1S/C10H12BrFN2/c11-9-6-13-4-3-10(9)14-8-2-1-7(12)5-8/h3-4,6-8H,1-2,5H2,(H,13,14). The van der Waals surface area contributed by atoms with Crippen LogP contribution in [-0.2, 0) is 0 Å². The van der Waals surface area contributed by atoms with E-state index in [0.29, 0.717) is 12.8 Å². The fourth-order valence-electron chi connectivity index (χ4n) is 1.77. The lowest BCUT2D eigenvalue weighted by Crippen LogP contribution is -2.16. The number of hydrogen-bond donors (Lipinski definition) is 1. The quantitative estimate of drug-likeness (QED) is 0.882. The van der Waals surface area contributed by atoms with Gasteiger partial charge in [0.25, 0.3) is 0 Å². The maximum atomic E-state index is 12.9. The second kappa shape index (κ2) is 4.26. The van der Waals surface area contributed by atoms with E-state index in [4.69, 9.17) is 0 Å². The molecular formula is C10H12BrFN2. The fraction of sp³-hybridized carbons (Fsp3) is 0.500. The Kier molecular flexibility index (Phi) is 3.01. The Bertz CT molecular complexity index is 319. The molecule has 1 fully saturated rings. The Morgan fingerprint density at radius 2 is 2.36 bits per heavy atom. The van der Waals surface area contributed by atoms with Gasteiger partial charge in [-0.3, -0.25) is 4.98 Å². The molecule has 2 nitrogen and oxygen atoms in total. The van der Waals surface area contributed by atoms with Crippen LogP contribution in [0, 0.1) is 0 Å². The van der Waals surface area contributed by atoms with Crippen LogP contribution < -0.4 is 5.32 Å². The highest BCUT2D eigenvalue weighted by Crippen LogP contribution is 2.28. The van der Waals surface area contributed by atoms with Crippen molar-refractivity contribution >= 4 is 21.6 Å². The number of nitrogens with one attached hydrogen (secondary N) is 1. The molecule has 1 saturated carbocycles. The third-order valence-corrected chi connectivity index (χ3v) is 3.13. The molecule has 2 unspecified atom stereocenters. The van der Waals surface area contributed by atoms with E-state index in [1.807, 2.05) is 6.07 Å². The molecule has 14 heavy (non-hydrogen) atoms. The van der Waals surface area contributed by atoms with Crippen LogP contribution in [0.1, 0.15) is 19.3 Å². The van der Waals surface area contributed by atoms with Crippen LogP contribution in [0.2, 0.25) is 0 Å². The average Bonchev–Trinajstić information content (AvgIpc) is 2.56. The molecule has 76 valence electrons. The molecular weight excluding hydrogens is 247 g/mol. The lowest BCUT2D eigenvalue weighted by molar-refractivity contribution is 0.341. The van der Waals surface area contributed by atoms with Crippen LogP contribution in [0.5, 0.6) is 0 Å². The van der Waals surface area contributed by atoms with Crippen LogP contribution in [0.3, 0.4) is 0 Å². The third kappa shape index (κ3) is 2.23. The zero-order valence-electron chi connectivity index (χ0n) is 7.71. The van der Waals surface area contributed by atoms with Crippen LogP contribution in [0.15, 0.2) is 22.9 Å².